The molecule has 104 valence electrons. The molecule has 8 heteroatoms. The Morgan fingerprint density at radius 3 is 3.00 bits per heavy atom. The van der Waals surface area contributed by atoms with E-state index < -0.39 is 5.91 Å². The summed E-state index contributed by atoms with van der Waals surface area (Å²) in [5.74, 6) is -0.597. The summed E-state index contributed by atoms with van der Waals surface area (Å²) in [5, 5.41) is 10.4. The monoisotopic (exact) mass is 309 g/mol. The first kappa shape index (κ1) is 13.2. The summed E-state index contributed by atoms with van der Waals surface area (Å²) in [6.07, 6.45) is 0.709. The van der Waals surface area contributed by atoms with Crippen LogP contribution in [-0.2, 0) is 13.0 Å². The van der Waals surface area contributed by atoms with Gasteiger partial charge in [0, 0.05) is 16.8 Å². The first-order valence-corrected chi connectivity index (χ1v) is 7.68. The van der Waals surface area contributed by atoms with Gasteiger partial charge in [-0.1, -0.05) is 0 Å². The minimum absolute atomic E-state index is 0.0848. The van der Waals surface area contributed by atoms with Crippen molar-refractivity contribution in [3.63, 3.8) is 0 Å². The van der Waals surface area contributed by atoms with Crippen molar-refractivity contribution in [2.24, 2.45) is 0 Å². The molecule has 2 amide bonds. The highest BCUT2D eigenvalue weighted by atomic mass is 32.1. The summed E-state index contributed by atoms with van der Waals surface area (Å²) in [6.45, 7) is 1.09. The number of rotatable bonds is 2. The van der Waals surface area contributed by atoms with Gasteiger partial charge in [-0.25, -0.2) is 10.5 Å². The molecule has 0 saturated carbocycles. The highest BCUT2D eigenvalue weighted by Gasteiger charge is 2.25. The zero-order valence-corrected chi connectivity index (χ0v) is 12.0. The number of hydrogen-bond acceptors (Lipinski definition) is 6. The molecule has 0 unspecified atom stereocenters. The first-order chi connectivity index (χ1) is 9.69. The van der Waals surface area contributed by atoms with Gasteiger partial charge in [0.05, 0.1) is 16.9 Å². The zero-order chi connectivity index (χ0) is 14.1. The number of nitrogens with zero attached hydrogens (tertiary/aromatic N) is 2. The molecule has 0 saturated heterocycles. The second kappa shape index (κ2) is 5.31. The van der Waals surface area contributed by atoms with E-state index >= 15 is 0 Å². The molecule has 2 aromatic heterocycles. The van der Waals surface area contributed by atoms with Crippen LogP contribution in [0.15, 0.2) is 17.0 Å². The lowest BCUT2D eigenvalue weighted by Crippen LogP contribution is -2.35. The maximum absolute atomic E-state index is 12.2. The average molecular weight is 309 g/mol. The van der Waals surface area contributed by atoms with Gasteiger partial charge in [0.2, 0.25) is 0 Å². The van der Waals surface area contributed by atoms with E-state index in [4.69, 9.17) is 5.21 Å². The molecule has 6 nitrogen and oxygen atoms in total. The predicted molar refractivity (Wildman–Crippen MR) is 74.1 cm³/mol. The van der Waals surface area contributed by atoms with Gasteiger partial charge >= 0.3 is 0 Å². The number of fused-ring (bicyclic) bond motifs is 1. The molecule has 1 aliphatic rings. The topological polar surface area (TPSA) is 82.5 Å². The van der Waals surface area contributed by atoms with Gasteiger partial charge in [-0.05, 0) is 18.1 Å². The molecule has 3 rings (SSSR count). The van der Waals surface area contributed by atoms with Crippen LogP contribution in [0.4, 0.5) is 0 Å². The maximum atomic E-state index is 12.2. The quantitative estimate of drug-likeness (QED) is 0.651. The molecule has 0 aliphatic carbocycles. The number of carbonyl (C=O) groups is 2. The number of hydroxylamine groups is 1. The van der Waals surface area contributed by atoms with Gasteiger partial charge in [0.15, 0.2) is 0 Å². The largest absolute Gasteiger partial charge is 0.332 e. The minimum atomic E-state index is -0.512. The molecule has 0 fully saturated rings. The van der Waals surface area contributed by atoms with Crippen LogP contribution in [0.5, 0.6) is 0 Å². The van der Waals surface area contributed by atoms with Crippen LogP contribution in [0.25, 0.3) is 0 Å². The summed E-state index contributed by atoms with van der Waals surface area (Å²) < 4.78 is 0. The van der Waals surface area contributed by atoms with Crippen LogP contribution in [0, 0.1) is 0 Å². The van der Waals surface area contributed by atoms with E-state index in [0.29, 0.717) is 30.1 Å². The lowest BCUT2D eigenvalue weighted by Gasteiger charge is -2.26. The third kappa shape index (κ3) is 2.33. The van der Waals surface area contributed by atoms with E-state index in [-0.39, 0.29) is 5.91 Å². The van der Waals surface area contributed by atoms with Crippen molar-refractivity contribution in [2.45, 2.75) is 13.0 Å². The van der Waals surface area contributed by atoms with Crippen LogP contribution < -0.4 is 5.48 Å². The van der Waals surface area contributed by atoms with Crippen molar-refractivity contribution < 1.29 is 14.8 Å². The van der Waals surface area contributed by atoms with Crippen LogP contribution in [0.2, 0.25) is 0 Å². The Balaban J connectivity index is 1.80. The number of carbonyl (C=O) groups excluding carboxylic acids is 2. The molecule has 3 heterocycles. The summed E-state index contributed by atoms with van der Waals surface area (Å²) in [7, 11) is 0. The Hall–Kier alpha value is -1.77. The summed E-state index contributed by atoms with van der Waals surface area (Å²) in [4.78, 5) is 30.8. The van der Waals surface area contributed by atoms with E-state index in [1.807, 2.05) is 0 Å². The highest BCUT2D eigenvalue weighted by Crippen LogP contribution is 2.28. The second-order valence-electron chi connectivity index (χ2n) is 4.35. The fraction of sp³-hybridized carbons (Fsp3) is 0.250. The van der Waals surface area contributed by atoms with Crippen LogP contribution in [-0.4, -0.2) is 33.5 Å². The molecule has 2 N–H and O–H groups in total. The van der Waals surface area contributed by atoms with Gasteiger partial charge in [-0.2, -0.15) is 0 Å². The summed E-state index contributed by atoms with van der Waals surface area (Å²) in [6, 6.07) is 1.77. The summed E-state index contributed by atoms with van der Waals surface area (Å²) in [5.41, 5.74) is 4.79. The predicted octanol–water partition coefficient (Wildman–Crippen LogP) is 1.52. The lowest BCUT2D eigenvalue weighted by molar-refractivity contribution is 0.0709. The fourth-order valence-corrected chi connectivity index (χ4v) is 3.78. The third-order valence-electron chi connectivity index (χ3n) is 3.15. The van der Waals surface area contributed by atoms with E-state index in [0.717, 1.165) is 10.4 Å². The van der Waals surface area contributed by atoms with Crippen molar-refractivity contribution >= 4 is 34.5 Å². The molecular formula is C12H11N3O3S2. The van der Waals surface area contributed by atoms with Crippen molar-refractivity contribution in [3.8, 4) is 0 Å². The van der Waals surface area contributed by atoms with Gasteiger partial charge in [0.1, 0.15) is 5.69 Å². The lowest BCUT2D eigenvalue weighted by atomic mass is 10.1. The van der Waals surface area contributed by atoms with Crippen LogP contribution in [0.3, 0.4) is 0 Å². The second-order valence-corrected chi connectivity index (χ2v) is 6.21. The Kier molecular flexibility index (Phi) is 3.51. The Morgan fingerprint density at radius 1 is 1.45 bits per heavy atom. The molecule has 2 aromatic rings. The molecule has 0 bridgehead atoms. The summed E-state index contributed by atoms with van der Waals surface area (Å²) >= 11 is 2.69. The van der Waals surface area contributed by atoms with Gasteiger partial charge in [-0.15, -0.1) is 22.7 Å². The number of nitrogens with one attached hydrogen (secondary N) is 1. The van der Waals surface area contributed by atoms with Crippen molar-refractivity contribution in [1.82, 2.24) is 15.4 Å². The maximum Gasteiger partial charge on any atom is 0.284 e. The number of amides is 2. The Bertz CT molecular complexity index is 651. The van der Waals surface area contributed by atoms with Crippen molar-refractivity contribution in [1.29, 1.82) is 0 Å². The highest BCUT2D eigenvalue weighted by molar-refractivity contribution is 7.14. The molecular weight excluding hydrogens is 298 g/mol. The van der Waals surface area contributed by atoms with Crippen molar-refractivity contribution in [2.75, 3.05) is 6.54 Å². The fourth-order valence-electron chi connectivity index (χ4n) is 2.14. The molecule has 0 atom stereocenters. The molecule has 0 aromatic carbocycles. The molecule has 1 aliphatic heterocycles. The van der Waals surface area contributed by atoms with Gasteiger partial charge in [0.25, 0.3) is 11.8 Å². The van der Waals surface area contributed by atoms with Gasteiger partial charge in [-0.3, -0.25) is 14.8 Å². The Labute approximate surface area is 122 Å². The van der Waals surface area contributed by atoms with E-state index in [1.165, 1.54) is 22.7 Å². The van der Waals surface area contributed by atoms with Crippen LogP contribution in [0.1, 0.15) is 30.6 Å². The number of thiazole rings is 1. The van der Waals surface area contributed by atoms with Gasteiger partial charge < -0.3 is 4.90 Å². The molecule has 0 radical (unpaired) electrons. The van der Waals surface area contributed by atoms with E-state index in [2.05, 4.69) is 4.98 Å². The average Bonchev–Trinajstić information content (AvgIpc) is 3.13. The van der Waals surface area contributed by atoms with Crippen molar-refractivity contribution in [3.05, 3.63) is 38.0 Å². The normalized spacial score (nSPS) is 13.9. The SMILES string of the molecule is O=C(NO)c1cc2c(s1)CN(C(=O)c1cscn1)CC2. The van der Waals surface area contributed by atoms with E-state index in [1.54, 1.807) is 27.3 Å². The van der Waals surface area contributed by atoms with Crippen LogP contribution >= 0.6 is 22.7 Å². The standard InChI is InChI=1S/C12H11N3O3S2/c16-11(14-18)9-3-7-1-2-15(4-10(7)20-9)12(17)8-5-19-6-13-8/h3,5-6,18H,1-2,4H2,(H,14,16). The smallest absolute Gasteiger partial charge is 0.284 e. The number of aromatic nitrogens is 1. The van der Waals surface area contributed by atoms with E-state index in [9.17, 15) is 9.59 Å². The zero-order valence-electron chi connectivity index (χ0n) is 10.3. The Morgan fingerprint density at radius 2 is 2.30 bits per heavy atom. The third-order valence-corrected chi connectivity index (χ3v) is 4.89. The number of hydrogen-bond donors (Lipinski definition) is 2. The molecule has 20 heavy (non-hydrogen) atoms. The first-order valence-electron chi connectivity index (χ1n) is 5.92. The minimum Gasteiger partial charge on any atom is -0.332 e. The number of thiophene rings is 1. The molecule has 0 spiro atoms.